The van der Waals surface area contributed by atoms with Crippen molar-refractivity contribution in [3.8, 4) is 0 Å². The van der Waals surface area contributed by atoms with E-state index in [1.165, 1.54) is 17.7 Å². The van der Waals surface area contributed by atoms with Gasteiger partial charge in [-0.15, -0.1) is 11.3 Å². The van der Waals surface area contributed by atoms with E-state index in [-0.39, 0.29) is 0 Å². The lowest BCUT2D eigenvalue weighted by Crippen LogP contribution is -2.46. The van der Waals surface area contributed by atoms with Gasteiger partial charge in [0, 0.05) is 36.1 Å². The lowest BCUT2D eigenvalue weighted by Gasteiger charge is -2.35. The Kier molecular flexibility index (Phi) is 7.66. The van der Waals surface area contributed by atoms with Crippen LogP contribution < -0.4 is 5.32 Å². The molecule has 0 amide bonds. The molecule has 1 aromatic heterocycles. The summed E-state index contributed by atoms with van der Waals surface area (Å²) < 4.78 is 0. The molecule has 0 saturated heterocycles. The van der Waals surface area contributed by atoms with Crippen molar-refractivity contribution in [2.75, 3.05) is 6.54 Å². The molecule has 0 radical (unpaired) electrons. The molecule has 0 bridgehead atoms. The van der Waals surface area contributed by atoms with Crippen molar-refractivity contribution in [1.82, 2.24) is 10.2 Å². The molecule has 0 aliphatic heterocycles. The standard InChI is InChI=1S/C16H30N2S/c1-6-8-15(11-17-13(2)3)18(14(4)5)12-16-9-7-10-19-16/h7,9-10,13-15,17H,6,8,11-12H2,1-5H3. The zero-order valence-corrected chi connectivity index (χ0v) is 14.0. The number of rotatable bonds is 9. The maximum absolute atomic E-state index is 3.61. The smallest absolute Gasteiger partial charge is 0.0334 e. The summed E-state index contributed by atoms with van der Waals surface area (Å²) in [5.41, 5.74) is 0. The molecular weight excluding hydrogens is 252 g/mol. The maximum atomic E-state index is 3.61. The fraction of sp³-hybridized carbons (Fsp3) is 0.750. The molecule has 1 atom stereocenters. The van der Waals surface area contributed by atoms with E-state index in [4.69, 9.17) is 0 Å². The minimum atomic E-state index is 0.565. The molecule has 2 nitrogen and oxygen atoms in total. The summed E-state index contributed by atoms with van der Waals surface area (Å²) in [4.78, 5) is 4.12. The second-order valence-electron chi connectivity index (χ2n) is 5.85. The van der Waals surface area contributed by atoms with Crippen molar-refractivity contribution in [2.45, 2.75) is 72.1 Å². The Labute approximate surface area is 123 Å². The molecule has 0 aromatic carbocycles. The summed E-state index contributed by atoms with van der Waals surface area (Å²) in [5.74, 6) is 0. The molecule has 1 rings (SSSR count). The van der Waals surface area contributed by atoms with E-state index in [0.29, 0.717) is 18.1 Å². The van der Waals surface area contributed by atoms with E-state index in [0.717, 1.165) is 13.1 Å². The number of hydrogen-bond acceptors (Lipinski definition) is 3. The van der Waals surface area contributed by atoms with E-state index in [1.807, 2.05) is 11.3 Å². The second-order valence-corrected chi connectivity index (χ2v) is 6.88. The van der Waals surface area contributed by atoms with Crippen LogP contribution in [-0.2, 0) is 6.54 Å². The van der Waals surface area contributed by atoms with Crippen LogP contribution in [0, 0.1) is 0 Å². The van der Waals surface area contributed by atoms with Crippen molar-refractivity contribution in [3.05, 3.63) is 22.4 Å². The fourth-order valence-corrected chi connectivity index (χ4v) is 3.12. The van der Waals surface area contributed by atoms with Crippen LogP contribution in [0.4, 0.5) is 0 Å². The summed E-state index contributed by atoms with van der Waals surface area (Å²) in [7, 11) is 0. The lowest BCUT2D eigenvalue weighted by molar-refractivity contribution is 0.132. The van der Waals surface area contributed by atoms with E-state index in [2.05, 4.69) is 62.3 Å². The van der Waals surface area contributed by atoms with E-state index in [9.17, 15) is 0 Å². The van der Waals surface area contributed by atoms with Gasteiger partial charge in [0.25, 0.3) is 0 Å². The first-order chi connectivity index (χ1) is 9.04. The molecule has 19 heavy (non-hydrogen) atoms. The topological polar surface area (TPSA) is 15.3 Å². The molecule has 0 saturated carbocycles. The first kappa shape index (κ1) is 16.7. The van der Waals surface area contributed by atoms with Crippen LogP contribution in [-0.4, -0.2) is 29.6 Å². The van der Waals surface area contributed by atoms with Gasteiger partial charge in [0.2, 0.25) is 0 Å². The third-order valence-corrected chi connectivity index (χ3v) is 4.30. The van der Waals surface area contributed by atoms with Gasteiger partial charge in [0.1, 0.15) is 0 Å². The molecule has 1 aromatic rings. The van der Waals surface area contributed by atoms with Crippen LogP contribution >= 0.6 is 11.3 Å². The number of nitrogens with one attached hydrogen (secondary N) is 1. The summed E-state index contributed by atoms with van der Waals surface area (Å²) in [6, 6.07) is 6.19. The minimum Gasteiger partial charge on any atom is -0.313 e. The van der Waals surface area contributed by atoms with Crippen molar-refractivity contribution >= 4 is 11.3 Å². The van der Waals surface area contributed by atoms with Gasteiger partial charge in [0.05, 0.1) is 0 Å². The largest absolute Gasteiger partial charge is 0.313 e. The maximum Gasteiger partial charge on any atom is 0.0334 e. The highest BCUT2D eigenvalue weighted by atomic mass is 32.1. The molecule has 1 unspecified atom stereocenters. The van der Waals surface area contributed by atoms with Crippen molar-refractivity contribution < 1.29 is 0 Å². The first-order valence-electron chi connectivity index (χ1n) is 7.56. The van der Waals surface area contributed by atoms with Gasteiger partial charge in [-0.05, 0) is 31.7 Å². The minimum absolute atomic E-state index is 0.565. The van der Waals surface area contributed by atoms with Gasteiger partial charge in [0.15, 0.2) is 0 Å². The summed E-state index contributed by atoms with van der Waals surface area (Å²) in [6.07, 6.45) is 2.52. The molecular formula is C16H30N2S. The second kappa shape index (κ2) is 8.72. The summed E-state index contributed by atoms with van der Waals surface area (Å²) in [6.45, 7) is 13.5. The molecule has 1 N–H and O–H groups in total. The highest BCUT2D eigenvalue weighted by molar-refractivity contribution is 7.09. The third-order valence-electron chi connectivity index (χ3n) is 3.43. The Morgan fingerprint density at radius 2 is 2.00 bits per heavy atom. The number of thiophene rings is 1. The van der Waals surface area contributed by atoms with Gasteiger partial charge >= 0.3 is 0 Å². The Balaban J connectivity index is 2.67. The molecule has 110 valence electrons. The zero-order chi connectivity index (χ0) is 14.3. The lowest BCUT2D eigenvalue weighted by atomic mass is 10.1. The van der Waals surface area contributed by atoms with Gasteiger partial charge in [-0.25, -0.2) is 0 Å². The average molecular weight is 282 g/mol. The number of nitrogens with zero attached hydrogens (tertiary/aromatic N) is 1. The van der Waals surface area contributed by atoms with E-state index in [1.54, 1.807) is 0 Å². The molecule has 0 aliphatic rings. The first-order valence-corrected chi connectivity index (χ1v) is 8.44. The predicted octanol–water partition coefficient (Wildman–Crippen LogP) is 4.13. The monoisotopic (exact) mass is 282 g/mol. The Morgan fingerprint density at radius 1 is 1.26 bits per heavy atom. The van der Waals surface area contributed by atoms with Crippen molar-refractivity contribution in [2.24, 2.45) is 0 Å². The highest BCUT2D eigenvalue weighted by Gasteiger charge is 2.21. The molecule has 0 fully saturated rings. The molecule has 3 heteroatoms. The molecule has 0 spiro atoms. The average Bonchev–Trinajstić information content (AvgIpc) is 2.84. The Morgan fingerprint density at radius 3 is 2.47 bits per heavy atom. The highest BCUT2D eigenvalue weighted by Crippen LogP contribution is 2.18. The predicted molar refractivity (Wildman–Crippen MR) is 86.8 cm³/mol. The van der Waals surface area contributed by atoms with Crippen LogP contribution in [0.2, 0.25) is 0 Å². The van der Waals surface area contributed by atoms with E-state index < -0.39 is 0 Å². The van der Waals surface area contributed by atoms with Crippen LogP contribution in [0.15, 0.2) is 17.5 Å². The molecule has 1 heterocycles. The van der Waals surface area contributed by atoms with Gasteiger partial charge in [-0.1, -0.05) is 33.3 Å². The third kappa shape index (κ3) is 6.07. The fourth-order valence-electron chi connectivity index (χ4n) is 2.41. The van der Waals surface area contributed by atoms with Gasteiger partial charge in [-0.3, -0.25) is 4.90 Å². The van der Waals surface area contributed by atoms with Crippen molar-refractivity contribution in [1.29, 1.82) is 0 Å². The van der Waals surface area contributed by atoms with Crippen LogP contribution in [0.1, 0.15) is 52.3 Å². The summed E-state index contributed by atoms with van der Waals surface area (Å²) >= 11 is 1.87. The zero-order valence-electron chi connectivity index (χ0n) is 13.1. The van der Waals surface area contributed by atoms with Crippen LogP contribution in [0.3, 0.4) is 0 Å². The van der Waals surface area contributed by atoms with Crippen molar-refractivity contribution in [3.63, 3.8) is 0 Å². The normalized spacial score (nSPS) is 13.7. The number of hydrogen-bond donors (Lipinski definition) is 1. The Hall–Kier alpha value is -0.380. The van der Waals surface area contributed by atoms with Crippen LogP contribution in [0.25, 0.3) is 0 Å². The van der Waals surface area contributed by atoms with Gasteiger partial charge < -0.3 is 5.32 Å². The Bertz CT molecular complexity index is 319. The quantitative estimate of drug-likeness (QED) is 0.733. The SMILES string of the molecule is CCCC(CNC(C)C)N(Cc1cccs1)C(C)C. The van der Waals surface area contributed by atoms with Crippen LogP contribution in [0.5, 0.6) is 0 Å². The summed E-state index contributed by atoms with van der Waals surface area (Å²) in [5, 5.41) is 5.78. The van der Waals surface area contributed by atoms with E-state index >= 15 is 0 Å². The van der Waals surface area contributed by atoms with Gasteiger partial charge in [-0.2, -0.15) is 0 Å². The molecule has 0 aliphatic carbocycles.